The first kappa shape index (κ1) is 16.3. The van der Waals surface area contributed by atoms with Crippen molar-refractivity contribution in [1.82, 2.24) is 4.90 Å². The van der Waals surface area contributed by atoms with Crippen molar-refractivity contribution >= 4 is 0 Å². The summed E-state index contributed by atoms with van der Waals surface area (Å²) >= 11 is 0. The van der Waals surface area contributed by atoms with E-state index in [0.29, 0.717) is 12.0 Å². The summed E-state index contributed by atoms with van der Waals surface area (Å²) in [5, 5.41) is 0. The first-order valence-electron chi connectivity index (χ1n) is 8.16. The average Bonchev–Trinajstić information content (AvgIpc) is 3.24. The van der Waals surface area contributed by atoms with E-state index >= 15 is 0 Å². The zero-order chi connectivity index (χ0) is 15.4. The molecule has 0 aliphatic heterocycles. The Morgan fingerprint density at radius 2 is 2.05 bits per heavy atom. The van der Waals surface area contributed by atoms with Crippen LogP contribution in [0.15, 0.2) is 18.2 Å². The zero-order valence-corrected chi connectivity index (χ0v) is 13.9. The number of hydrogen-bond acceptors (Lipinski definition) is 3. The Bertz CT molecular complexity index is 455. The Morgan fingerprint density at radius 3 is 2.57 bits per heavy atom. The molecular weight excluding hydrogens is 260 g/mol. The van der Waals surface area contributed by atoms with Crippen LogP contribution in [0.3, 0.4) is 0 Å². The molecule has 2 rings (SSSR count). The minimum Gasteiger partial charge on any atom is -0.492 e. The fraction of sp³-hybridized carbons (Fsp3) is 0.667. The molecule has 0 heterocycles. The molecule has 1 aromatic carbocycles. The summed E-state index contributed by atoms with van der Waals surface area (Å²) in [5.74, 6) is 2.35. The maximum atomic E-state index is 5.90. The molecule has 2 N–H and O–H groups in total. The highest BCUT2D eigenvalue weighted by molar-refractivity contribution is 5.36. The Kier molecular flexibility index (Phi) is 5.65. The van der Waals surface area contributed by atoms with Gasteiger partial charge in [0, 0.05) is 19.1 Å². The van der Waals surface area contributed by atoms with Crippen molar-refractivity contribution in [2.24, 2.45) is 11.7 Å². The molecule has 21 heavy (non-hydrogen) atoms. The smallest absolute Gasteiger partial charge is 0.119 e. The highest BCUT2D eigenvalue weighted by Crippen LogP contribution is 2.34. The quantitative estimate of drug-likeness (QED) is 0.799. The number of nitrogens with two attached hydrogens (primary N) is 1. The van der Waals surface area contributed by atoms with Gasteiger partial charge in [0.25, 0.3) is 0 Å². The molecule has 0 aromatic heterocycles. The number of rotatable bonds is 8. The van der Waals surface area contributed by atoms with Crippen molar-refractivity contribution in [1.29, 1.82) is 0 Å². The minimum absolute atomic E-state index is 0.527. The first-order valence-corrected chi connectivity index (χ1v) is 8.16. The fourth-order valence-electron chi connectivity index (χ4n) is 3.07. The monoisotopic (exact) mass is 290 g/mol. The van der Waals surface area contributed by atoms with Crippen molar-refractivity contribution < 1.29 is 4.74 Å². The predicted molar refractivity (Wildman–Crippen MR) is 89.0 cm³/mol. The van der Waals surface area contributed by atoms with Crippen molar-refractivity contribution in [2.75, 3.05) is 26.7 Å². The van der Waals surface area contributed by atoms with E-state index in [0.717, 1.165) is 31.4 Å². The van der Waals surface area contributed by atoms with Gasteiger partial charge in [-0.1, -0.05) is 19.9 Å². The van der Waals surface area contributed by atoms with Crippen LogP contribution in [0.4, 0.5) is 0 Å². The number of likely N-dealkylation sites (N-methyl/N-ethyl adjacent to an activating group) is 1. The number of aryl methyl sites for hydroxylation is 1. The third kappa shape index (κ3) is 4.45. The van der Waals surface area contributed by atoms with Crippen LogP contribution in [0, 0.1) is 12.8 Å². The summed E-state index contributed by atoms with van der Waals surface area (Å²) in [5.41, 5.74) is 8.59. The number of hydrogen-bond donors (Lipinski definition) is 1. The molecule has 1 atom stereocenters. The molecule has 1 aliphatic carbocycles. The normalized spacial score (nSPS) is 16.5. The fourth-order valence-corrected chi connectivity index (χ4v) is 3.07. The van der Waals surface area contributed by atoms with Gasteiger partial charge in [-0.3, -0.25) is 4.90 Å². The summed E-state index contributed by atoms with van der Waals surface area (Å²) in [6.07, 6.45) is 2.67. The van der Waals surface area contributed by atoms with E-state index in [-0.39, 0.29) is 0 Å². The SMILES string of the molecule is Cc1cc(OCCN(C)C(CN)C2CC2)ccc1C(C)C. The Labute approximate surface area is 129 Å². The number of benzene rings is 1. The van der Waals surface area contributed by atoms with Gasteiger partial charge in [0.15, 0.2) is 0 Å². The molecule has 1 saturated carbocycles. The van der Waals surface area contributed by atoms with Crippen LogP contribution >= 0.6 is 0 Å². The summed E-state index contributed by atoms with van der Waals surface area (Å²) in [4.78, 5) is 2.35. The lowest BCUT2D eigenvalue weighted by Gasteiger charge is -2.26. The number of nitrogens with zero attached hydrogens (tertiary/aromatic N) is 1. The molecule has 3 nitrogen and oxygen atoms in total. The van der Waals surface area contributed by atoms with Gasteiger partial charge in [-0.15, -0.1) is 0 Å². The lowest BCUT2D eigenvalue weighted by atomic mass is 9.98. The highest BCUT2D eigenvalue weighted by atomic mass is 16.5. The second kappa shape index (κ2) is 7.28. The second-order valence-corrected chi connectivity index (χ2v) is 6.64. The van der Waals surface area contributed by atoms with Gasteiger partial charge in [-0.05, 0) is 61.9 Å². The Balaban J connectivity index is 1.81. The second-order valence-electron chi connectivity index (χ2n) is 6.64. The topological polar surface area (TPSA) is 38.5 Å². The molecule has 0 spiro atoms. The summed E-state index contributed by atoms with van der Waals surface area (Å²) in [7, 11) is 2.16. The predicted octanol–water partition coefficient (Wildman–Crippen LogP) is 3.17. The van der Waals surface area contributed by atoms with E-state index in [1.165, 1.54) is 24.0 Å². The van der Waals surface area contributed by atoms with Gasteiger partial charge in [-0.25, -0.2) is 0 Å². The zero-order valence-electron chi connectivity index (χ0n) is 13.9. The molecule has 1 unspecified atom stereocenters. The molecule has 1 aliphatic rings. The highest BCUT2D eigenvalue weighted by Gasteiger charge is 2.32. The molecular formula is C18H30N2O. The van der Waals surface area contributed by atoms with Gasteiger partial charge in [0.1, 0.15) is 12.4 Å². The molecule has 0 saturated heterocycles. The van der Waals surface area contributed by atoms with Gasteiger partial charge < -0.3 is 10.5 Å². The maximum Gasteiger partial charge on any atom is 0.119 e. The lowest BCUT2D eigenvalue weighted by molar-refractivity contribution is 0.180. The van der Waals surface area contributed by atoms with Gasteiger partial charge in [-0.2, -0.15) is 0 Å². The van der Waals surface area contributed by atoms with Gasteiger partial charge in [0.2, 0.25) is 0 Å². The summed E-state index contributed by atoms with van der Waals surface area (Å²) in [6, 6.07) is 6.95. The van der Waals surface area contributed by atoms with Crippen molar-refractivity contribution in [3.05, 3.63) is 29.3 Å². The largest absolute Gasteiger partial charge is 0.492 e. The standard InChI is InChI=1S/C18H30N2O/c1-13(2)17-8-7-16(11-14(17)3)21-10-9-20(4)18(12-19)15-5-6-15/h7-8,11,13,15,18H,5-6,9-10,12,19H2,1-4H3. The van der Waals surface area contributed by atoms with Crippen molar-refractivity contribution in [2.45, 2.75) is 45.6 Å². The number of ether oxygens (including phenoxy) is 1. The van der Waals surface area contributed by atoms with Crippen LogP contribution in [-0.2, 0) is 0 Å². The molecule has 0 amide bonds. The van der Waals surface area contributed by atoms with E-state index in [2.05, 4.69) is 50.9 Å². The van der Waals surface area contributed by atoms with Crippen LogP contribution in [0.25, 0.3) is 0 Å². The first-order chi connectivity index (χ1) is 10.0. The third-order valence-corrected chi connectivity index (χ3v) is 4.55. The van der Waals surface area contributed by atoms with E-state index in [4.69, 9.17) is 10.5 Å². The molecule has 0 radical (unpaired) electrons. The van der Waals surface area contributed by atoms with E-state index < -0.39 is 0 Å². The molecule has 118 valence electrons. The van der Waals surface area contributed by atoms with Crippen LogP contribution in [0.2, 0.25) is 0 Å². The van der Waals surface area contributed by atoms with E-state index in [9.17, 15) is 0 Å². The molecule has 0 bridgehead atoms. The minimum atomic E-state index is 0.527. The van der Waals surface area contributed by atoms with Crippen LogP contribution in [0.5, 0.6) is 5.75 Å². The van der Waals surface area contributed by atoms with Crippen LogP contribution < -0.4 is 10.5 Å². The molecule has 3 heteroatoms. The van der Waals surface area contributed by atoms with E-state index in [1.807, 2.05) is 0 Å². The van der Waals surface area contributed by atoms with Crippen molar-refractivity contribution in [3.8, 4) is 5.75 Å². The van der Waals surface area contributed by atoms with E-state index in [1.54, 1.807) is 0 Å². The summed E-state index contributed by atoms with van der Waals surface area (Å²) < 4.78 is 5.90. The maximum absolute atomic E-state index is 5.90. The Morgan fingerprint density at radius 1 is 1.33 bits per heavy atom. The van der Waals surface area contributed by atoms with Crippen LogP contribution in [0.1, 0.15) is 43.7 Å². The molecule has 1 fully saturated rings. The lowest BCUT2D eigenvalue weighted by Crippen LogP contribution is -2.41. The Hall–Kier alpha value is -1.06. The third-order valence-electron chi connectivity index (χ3n) is 4.55. The van der Waals surface area contributed by atoms with Crippen LogP contribution in [-0.4, -0.2) is 37.7 Å². The summed E-state index contributed by atoms with van der Waals surface area (Å²) in [6.45, 7) is 9.02. The molecule has 1 aromatic rings. The van der Waals surface area contributed by atoms with Gasteiger partial charge in [0.05, 0.1) is 0 Å². The average molecular weight is 290 g/mol. The van der Waals surface area contributed by atoms with Gasteiger partial charge >= 0.3 is 0 Å². The van der Waals surface area contributed by atoms with Crippen molar-refractivity contribution in [3.63, 3.8) is 0 Å².